The van der Waals surface area contributed by atoms with Crippen molar-refractivity contribution in [3.8, 4) is 5.75 Å². The summed E-state index contributed by atoms with van der Waals surface area (Å²) in [5.74, 6) is 1.88. The van der Waals surface area contributed by atoms with Gasteiger partial charge in [0.15, 0.2) is 0 Å². The highest BCUT2D eigenvalue weighted by Gasteiger charge is 2.34. The van der Waals surface area contributed by atoms with Crippen molar-refractivity contribution < 1.29 is 9.94 Å². The molecule has 3 aliphatic rings. The first-order chi connectivity index (χ1) is 14.2. The molecule has 1 aromatic heterocycles. The molecule has 3 heterocycles. The topological polar surface area (TPSA) is 64.1 Å². The fourth-order valence-electron chi connectivity index (χ4n) is 4.70. The lowest BCUT2D eigenvalue weighted by molar-refractivity contribution is -0.235. The molecule has 5 rings (SSSR count). The molecular weight excluding hydrogens is 386 g/mol. The van der Waals surface area contributed by atoms with Gasteiger partial charge in [0.1, 0.15) is 17.4 Å². The molecule has 1 aliphatic carbocycles. The van der Waals surface area contributed by atoms with E-state index in [4.69, 9.17) is 4.74 Å². The predicted octanol–water partition coefficient (Wildman–Crippen LogP) is 3.04. The number of nitrogens with zero attached hydrogens (tertiary/aromatic N) is 4. The summed E-state index contributed by atoms with van der Waals surface area (Å²) in [6.45, 7) is 7.71. The number of thiazole rings is 1. The molecule has 2 aromatic rings. The zero-order valence-corrected chi connectivity index (χ0v) is 17.5. The summed E-state index contributed by atoms with van der Waals surface area (Å²) in [6, 6.07) is 7.06. The van der Waals surface area contributed by atoms with Crippen molar-refractivity contribution in [2.24, 2.45) is 0 Å². The number of nitrogens with one attached hydrogen (secondary N) is 1. The van der Waals surface area contributed by atoms with E-state index in [2.05, 4.69) is 32.9 Å². The number of hydroxylamine groups is 1. The van der Waals surface area contributed by atoms with Crippen LogP contribution in [0.4, 0.5) is 0 Å². The fraction of sp³-hybridized carbons (Fsp3) is 0.571. The van der Waals surface area contributed by atoms with Crippen LogP contribution in [-0.4, -0.2) is 69.6 Å². The van der Waals surface area contributed by atoms with Crippen molar-refractivity contribution in [3.05, 3.63) is 36.1 Å². The van der Waals surface area contributed by atoms with Crippen LogP contribution in [0.15, 0.2) is 36.1 Å². The highest BCUT2D eigenvalue weighted by Crippen LogP contribution is 2.30. The Balaban J connectivity index is 1.06. The van der Waals surface area contributed by atoms with Gasteiger partial charge in [-0.2, -0.15) is 0 Å². The molecule has 1 saturated carbocycles. The first-order valence-electron chi connectivity index (χ1n) is 10.6. The summed E-state index contributed by atoms with van der Waals surface area (Å²) < 4.78 is 7.34. The molecule has 0 spiro atoms. The van der Waals surface area contributed by atoms with Crippen LogP contribution in [0.25, 0.3) is 10.2 Å². The van der Waals surface area contributed by atoms with Crippen molar-refractivity contribution in [2.45, 2.75) is 50.3 Å². The maximum absolute atomic E-state index is 9.95. The molecule has 8 heteroatoms. The SMILES string of the molecule is C=C(NC1CCC(N2CCCN2O)CC1)N1CC(Oc2cccc3scnc23)C1. The van der Waals surface area contributed by atoms with Gasteiger partial charge in [0.05, 0.1) is 29.1 Å². The fourth-order valence-corrected chi connectivity index (χ4v) is 5.40. The van der Waals surface area contributed by atoms with Crippen molar-refractivity contribution >= 4 is 21.6 Å². The number of benzene rings is 1. The van der Waals surface area contributed by atoms with Gasteiger partial charge in [-0.25, -0.2) is 9.99 Å². The van der Waals surface area contributed by atoms with E-state index in [1.807, 2.05) is 17.6 Å². The minimum absolute atomic E-state index is 0.183. The second-order valence-corrected chi connectivity index (χ2v) is 9.20. The van der Waals surface area contributed by atoms with Gasteiger partial charge in [-0.15, -0.1) is 16.5 Å². The highest BCUT2D eigenvalue weighted by molar-refractivity contribution is 7.16. The van der Waals surface area contributed by atoms with E-state index in [-0.39, 0.29) is 6.10 Å². The van der Waals surface area contributed by atoms with E-state index < -0.39 is 0 Å². The molecular formula is C21H29N5O2S. The van der Waals surface area contributed by atoms with Crippen LogP contribution >= 0.6 is 11.3 Å². The Bertz CT molecular complexity index is 860. The lowest BCUT2D eigenvalue weighted by Crippen LogP contribution is -2.56. The van der Waals surface area contributed by atoms with E-state index >= 15 is 0 Å². The molecule has 0 amide bonds. The summed E-state index contributed by atoms with van der Waals surface area (Å²) >= 11 is 1.64. The molecule has 156 valence electrons. The molecule has 3 fully saturated rings. The Morgan fingerprint density at radius 2 is 2.03 bits per heavy atom. The van der Waals surface area contributed by atoms with Gasteiger partial charge < -0.3 is 15.0 Å². The molecule has 1 aromatic carbocycles. The van der Waals surface area contributed by atoms with Gasteiger partial charge in [-0.3, -0.25) is 5.21 Å². The Hall–Kier alpha value is -1.87. The standard InChI is InChI=1S/C21H29N5O2S/c1-15(23-16-6-8-17(9-7-16)25-10-3-11-26(25)27)24-12-18(13-24)28-19-4-2-5-20-21(19)22-14-29-20/h2,4-5,14,16-18,23,27H,1,3,6-13H2. The highest BCUT2D eigenvalue weighted by atomic mass is 32.1. The summed E-state index contributed by atoms with van der Waals surface area (Å²) in [4.78, 5) is 6.69. The third-order valence-corrected chi connectivity index (χ3v) is 7.17. The second-order valence-electron chi connectivity index (χ2n) is 8.31. The third kappa shape index (κ3) is 3.94. The van der Waals surface area contributed by atoms with Crippen LogP contribution in [0.2, 0.25) is 0 Å². The lowest BCUT2D eigenvalue weighted by atomic mass is 9.90. The van der Waals surface area contributed by atoms with E-state index in [1.165, 1.54) is 9.87 Å². The van der Waals surface area contributed by atoms with Crippen LogP contribution in [0.1, 0.15) is 32.1 Å². The molecule has 0 unspecified atom stereocenters. The molecule has 0 atom stereocenters. The van der Waals surface area contributed by atoms with Crippen molar-refractivity contribution in [2.75, 3.05) is 26.2 Å². The Kier molecular flexibility index (Phi) is 5.34. The zero-order valence-electron chi connectivity index (χ0n) is 16.7. The molecule has 2 aliphatic heterocycles. The molecule has 7 nitrogen and oxygen atoms in total. The number of likely N-dealkylation sites (tertiary alicyclic amines) is 1. The first kappa shape index (κ1) is 19.1. The maximum Gasteiger partial charge on any atom is 0.147 e. The normalized spacial score (nSPS) is 26.6. The monoisotopic (exact) mass is 415 g/mol. The summed E-state index contributed by atoms with van der Waals surface area (Å²) in [6.07, 6.45) is 5.71. The van der Waals surface area contributed by atoms with Gasteiger partial charge in [0, 0.05) is 25.2 Å². The van der Waals surface area contributed by atoms with Gasteiger partial charge in [-0.1, -0.05) is 12.6 Å². The quantitative estimate of drug-likeness (QED) is 0.752. The first-order valence-corrected chi connectivity index (χ1v) is 11.5. The Labute approximate surface area is 175 Å². The van der Waals surface area contributed by atoms with E-state index in [1.54, 1.807) is 11.3 Å². The minimum atomic E-state index is 0.183. The minimum Gasteiger partial charge on any atom is -0.484 e. The Morgan fingerprint density at radius 1 is 1.21 bits per heavy atom. The second kappa shape index (κ2) is 8.10. The zero-order chi connectivity index (χ0) is 19.8. The number of fused-ring (bicyclic) bond motifs is 1. The van der Waals surface area contributed by atoms with Crippen LogP contribution in [0.5, 0.6) is 5.75 Å². The number of hydrogen-bond donors (Lipinski definition) is 2. The van der Waals surface area contributed by atoms with E-state index in [0.29, 0.717) is 12.1 Å². The van der Waals surface area contributed by atoms with Crippen LogP contribution in [0, 0.1) is 0 Å². The largest absolute Gasteiger partial charge is 0.484 e. The predicted molar refractivity (Wildman–Crippen MR) is 114 cm³/mol. The van der Waals surface area contributed by atoms with E-state index in [9.17, 15) is 5.21 Å². The smallest absolute Gasteiger partial charge is 0.147 e. The maximum atomic E-state index is 9.95. The van der Waals surface area contributed by atoms with Crippen molar-refractivity contribution in [1.29, 1.82) is 0 Å². The molecule has 29 heavy (non-hydrogen) atoms. The number of rotatable bonds is 6. The summed E-state index contributed by atoms with van der Waals surface area (Å²) in [5, 5.41) is 17.1. The van der Waals surface area contributed by atoms with Gasteiger partial charge in [-0.05, 0) is 44.2 Å². The Morgan fingerprint density at radius 3 is 2.79 bits per heavy atom. The number of para-hydroxylation sites is 1. The number of hydrazine groups is 1. The number of ether oxygens (including phenoxy) is 1. The van der Waals surface area contributed by atoms with Crippen molar-refractivity contribution in [1.82, 2.24) is 25.4 Å². The van der Waals surface area contributed by atoms with Crippen molar-refractivity contribution in [3.63, 3.8) is 0 Å². The average Bonchev–Trinajstić information content (AvgIpc) is 3.34. The molecule has 0 bridgehead atoms. The number of aromatic nitrogens is 1. The van der Waals surface area contributed by atoms with Gasteiger partial charge >= 0.3 is 0 Å². The third-order valence-electron chi connectivity index (χ3n) is 6.38. The number of hydrogen-bond acceptors (Lipinski definition) is 8. The summed E-state index contributed by atoms with van der Waals surface area (Å²) in [7, 11) is 0. The molecule has 0 radical (unpaired) electrons. The summed E-state index contributed by atoms with van der Waals surface area (Å²) in [5.41, 5.74) is 2.83. The van der Waals surface area contributed by atoms with Crippen LogP contribution < -0.4 is 10.1 Å². The molecule has 2 saturated heterocycles. The van der Waals surface area contributed by atoms with Gasteiger partial charge in [0.25, 0.3) is 0 Å². The van der Waals surface area contributed by atoms with Crippen LogP contribution in [-0.2, 0) is 0 Å². The lowest BCUT2D eigenvalue weighted by Gasteiger charge is -2.43. The van der Waals surface area contributed by atoms with Crippen LogP contribution in [0.3, 0.4) is 0 Å². The average molecular weight is 416 g/mol. The van der Waals surface area contributed by atoms with Gasteiger partial charge in [0.2, 0.25) is 0 Å². The molecule has 2 N–H and O–H groups in total. The van der Waals surface area contributed by atoms with E-state index in [0.717, 1.165) is 75.4 Å².